The predicted molar refractivity (Wildman–Crippen MR) is 118 cm³/mol. The summed E-state index contributed by atoms with van der Waals surface area (Å²) in [7, 11) is 0. The summed E-state index contributed by atoms with van der Waals surface area (Å²) in [5.41, 5.74) is 2.13. The number of para-hydroxylation sites is 1. The van der Waals surface area contributed by atoms with Gasteiger partial charge in [-0.1, -0.05) is 54.4 Å². The standard InChI is InChI=1S/C22H15Cl2NO3S/c1-2-13-6-3-4-9-17(13)25-21(26)19(29-22(25)27)12-14-10-11-18(28-14)20-15(23)7-5-8-16(20)24/h3-12H,2H2,1H3/b19-12+. The molecule has 0 saturated carbocycles. The van der Waals surface area contributed by atoms with Crippen LogP contribution in [0.5, 0.6) is 0 Å². The number of hydrogen-bond donors (Lipinski definition) is 0. The molecule has 2 amide bonds. The molecule has 0 N–H and O–H groups in total. The Balaban J connectivity index is 1.66. The number of amides is 2. The highest BCUT2D eigenvalue weighted by atomic mass is 35.5. The Morgan fingerprint density at radius 2 is 1.72 bits per heavy atom. The van der Waals surface area contributed by atoms with Gasteiger partial charge in [0, 0.05) is 6.08 Å². The molecule has 0 radical (unpaired) electrons. The molecule has 0 unspecified atom stereocenters. The molecule has 1 fully saturated rings. The van der Waals surface area contributed by atoms with E-state index < -0.39 is 0 Å². The lowest BCUT2D eigenvalue weighted by molar-refractivity contribution is -0.113. The molecule has 29 heavy (non-hydrogen) atoms. The van der Waals surface area contributed by atoms with Gasteiger partial charge in [-0.3, -0.25) is 9.59 Å². The van der Waals surface area contributed by atoms with E-state index in [1.807, 2.05) is 25.1 Å². The van der Waals surface area contributed by atoms with Gasteiger partial charge in [-0.05, 0) is 54.1 Å². The Labute approximate surface area is 182 Å². The number of furan rings is 1. The van der Waals surface area contributed by atoms with Gasteiger partial charge in [0.25, 0.3) is 11.1 Å². The third-order valence-corrected chi connectivity index (χ3v) is 6.02. The summed E-state index contributed by atoms with van der Waals surface area (Å²) in [5, 5.41) is 0.605. The van der Waals surface area contributed by atoms with Gasteiger partial charge in [-0.25, -0.2) is 4.90 Å². The molecule has 4 nitrogen and oxygen atoms in total. The number of rotatable bonds is 4. The summed E-state index contributed by atoms with van der Waals surface area (Å²) in [5.74, 6) is 0.558. The van der Waals surface area contributed by atoms with E-state index in [0.717, 1.165) is 23.7 Å². The highest BCUT2D eigenvalue weighted by molar-refractivity contribution is 8.19. The molecule has 146 valence electrons. The molecule has 0 aliphatic carbocycles. The van der Waals surface area contributed by atoms with Crippen molar-refractivity contribution >= 4 is 57.9 Å². The molecule has 1 aromatic heterocycles. The van der Waals surface area contributed by atoms with Gasteiger partial charge >= 0.3 is 0 Å². The van der Waals surface area contributed by atoms with Crippen molar-refractivity contribution in [2.75, 3.05) is 4.90 Å². The van der Waals surface area contributed by atoms with E-state index in [4.69, 9.17) is 27.6 Å². The molecule has 7 heteroatoms. The average molecular weight is 444 g/mol. The molecule has 0 bridgehead atoms. The van der Waals surface area contributed by atoms with Gasteiger partial charge in [-0.2, -0.15) is 0 Å². The van der Waals surface area contributed by atoms with Gasteiger partial charge in [0.15, 0.2) is 0 Å². The van der Waals surface area contributed by atoms with Crippen molar-refractivity contribution in [3.63, 3.8) is 0 Å². The normalized spacial score (nSPS) is 15.6. The fraction of sp³-hybridized carbons (Fsp3) is 0.0909. The first-order valence-electron chi connectivity index (χ1n) is 8.89. The summed E-state index contributed by atoms with van der Waals surface area (Å²) in [6.45, 7) is 1.98. The zero-order valence-electron chi connectivity index (χ0n) is 15.3. The second-order valence-electron chi connectivity index (χ2n) is 6.30. The van der Waals surface area contributed by atoms with Crippen LogP contribution in [0.1, 0.15) is 18.2 Å². The minimum atomic E-state index is -0.366. The second kappa shape index (κ2) is 8.11. The molecule has 0 spiro atoms. The molecular formula is C22H15Cl2NO3S. The van der Waals surface area contributed by atoms with Crippen LogP contribution in [0.15, 0.2) is 63.9 Å². The number of imide groups is 1. The van der Waals surface area contributed by atoms with Crippen LogP contribution in [-0.4, -0.2) is 11.1 Å². The van der Waals surface area contributed by atoms with E-state index in [1.165, 1.54) is 4.90 Å². The maximum atomic E-state index is 12.9. The number of carbonyl (C=O) groups excluding carboxylic acids is 2. The lowest BCUT2D eigenvalue weighted by atomic mass is 10.1. The molecule has 1 aliphatic rings. The quantitative estimate of drug-likeness (QED) is 0.405. The van der Waals surface area contributed by atoms with Crippen molar-refractivity contribution in [1.29, 1.82) is 0 Å². The first-order valence-corrected chi connectivity index (χ1v) is 10.5. The Hall–Kier alpha value is -2.47. The van der Waals surface area contributed by atoms with Crippen LogP contribution in [0.3, 0.4) is 0 Å². The maximum Gasteiger partial charge on any atom is 0.298 e. The highest BCUT2D eigenvalue weighted by Crippen LogP contribution is 2.39. The molecule has 1 saturated heterocycles. The van der Waals surface area contributed by atoms with Gasteiger partial charge in [0.2, 0.25) is 0 Å². The SMILES string of the molecule is CCc1ccccc1N1C(=O)S/C(=C/c2ccc(-c3c(Cl)cccc3Cl)o2)C1=O. The lowest BCUT2D eigenvalue weighted by Crippen LogP contribution is -2.28. The second-order valence-corrected chi connectivity index (χ2v) is 8.11. The van der Waals surface area contributed by atoms with Crippen molar-refractivity contribution < 1.29 is 14.0 Å². The van der Waals surface area contributed by atoms with Gasteiger partial charge in [0.1, 0.15) is 11.5 Å². The zero-order valence-corrected chi connectivity index (χ0v) is 17.6. The van der Waals surface area contributed by atoms with Crippen molar-refractivity contribution in [1.82, 2.24) is 0 Å². The number of hydrogen-bond acceptors (Lipinski definition) is 4. The summed E-state index contributed by atoms with van der Waals surface area (Å²) in [4.78, 5) is 26.9. The first-order chi connectivity index (χ1) is 14.0. The van der Waals surface area contributed by atoms with E-state index in [9.17, 15) is 9.59 Å². The van der Waals surface area contributed by atoms with E-state index in [0.29, 0.717) is 37.7 Å². The summed E-state index contributed by atoms with van der Waals surface area (Å²) in [6, 6.07) is 16.0. The molecule has 1 aliphatic heterocycles. The lowest BCUT2D eigenvalue weighted by Gasteiger charge is -2.16. The fourth-order valence-corrected chi connectivity index (χ4v) is 4.53. The van der Waals surface area contributed by atoms with E-state index in [-0.39, 0.29) is 11.1 Å². The molecule has 4 rings (SSSR count). The zero-order chi connectivity index (χ0) is 20.5. The number of carbonyl (C=O) groups is 2. The van der Waals surface area contributed by atoms with Gasteiger partial charge in [-0.15, -0.1) is 0 Å². The number of thioether (sulfide) groups is 1. The van der Waals surface area contributed by atoms with Crippen LogP contribution in [-0.2, 0) is 11.2 Å². The van der Waals surface area contributed by atoms with Crippen molar-refractivity contribution in [3.8, 4) is 11.3 Å². The highest BCUT2D eigenvalue weighted by Gasteiger charge is 2.37. The monoisotopic (exact) mass is 443 g/mol. The Morgan fingerprint density at radius 1 is 1.00 bits per heavy atom. The number of benzene rings is 2. The van der Waals surface area contributed by atoms with Crippen molar-refractivity contribution in [2.24, 2.45) is 0 Å². The van der Waals surface area contributed by atoms with Crippen molar-refractivity contribution in [3.05, 3.63) is 80.9 Å². The van der Waals surface area contributed by atoms with Crippen LogP contribution in [0.2, 0.25) is 10.0 Å². The van der Waals surface area contributed by atoms with Crippen LogP contribution in [0.4, 0.5) is 10.5 Å². The third kappa shape index (κ3) is 3.73. The minimum Gasteiger partial charge on any atom is -0.457 e. The van der Waals surface area contributed by atoms with E-state index >= 15 is 0 Å². The van der Waals surface area contributed by atoms with Crippen molar-refractivity contribution in [2.45, 2.75) is 13.3 Å². The molecule has 0 atom stereocenters. The predicted octanol–water partition coefficient (Wildman–Crippen LogP) is 7.06. The first kappa shape index (κ1) is 19.8. The van der Waals surface area contributed by atoms with Crippen LogP contribution < -0.4 is 4.90 Å². The summed E-state index contributed by atoms with van der Waals surface area (Å²) < 4.78 is 5.82. The van der Waals surface area contributed by atoms with E-state index in [1.54, 1.807) is 42.5 Å². The van der Waals surface area contributed by atoms with Crippen LogP contribution >= 0.6 is 35.0 Å². The molecule has 3 aromatic rings. The smallest absolute Gasteiger partial charge is 0.298 e. The number of nitrogens with zero attached hydrogens (tertiary/aromatic N) is 1. The summed E-state index contributed by atoms with van der Waals surface area (Å²) >= 11 is 13.4. The third-order valence-electron chi connectivity index (χ3n) is 4.52. The van der Waals surface area contributed by atoms with Gasteiger partial charge in [0.05, 0.1) is 26.2 Å². The molecular weight excluding hydrogens is 429 g/mol. The van der Waals surface area contributed by atoms with Gasteiger partial charge < -0.3 is 4.42 Å². The largest absolute Gasteiger partial charge is 0.457 e. The topological polar surface area (TPSA) is 50.5 Å². The number of halogens is 2. The molecule has 2 aromatic carbocycles. The average Bonchev–Trinajstić information content (AvgIpc) is 3.26. The van der Waals surface area contributed by atoms with Crippen LogP contribution in [0, 0.1) is 0 Å². The maximum absolute atomic E-state index is 12.9. The Kier molecular flexibility index (Phi) is 5.54. The molecule has 2 heterocycles. The van der Waals surface area contributed by atoms with Crippen LogP contribution in [0.25, 0.3) is 17.4 Å². The Morgan fingerprint density at radius 3 is 2.45 bits per heavy atom. The minimum absolute atomic E-state index is 0.298. The number of aryl methyl sites for hydroxylation is 1. The summed E-state index contributed by atoms with van der Waals surface area (Å²) in [6.07, 6.45) is 2.28. The fourth-order valence-electron chi connectivity index (χ4n) is 3.13. The Bertz CT molecular complexity index is 1130. The van der Waals surface area contributed by atoms with E-state index in [2.05, 4.69) is 0 Å². The number of anilines is 1.